The minimum atomic E-state index is -4.32. The molecule has 2 rings (SSSR count). The lowest BCUT2D eigenvalue weighted by Crippen LogP contribution is -2.42. The summed E-state index contributed by atoms with van der Waals surface area (Å²) in [5.41, 5.74) is 0.00626. The summed E-state index contributed by atoms with van der Waals surface area (Å²) < 4.78 is 57.7. The highest BCUT2D eigenvalue weighted by Gasteiger charge is 2.42. The molecule has 0 spiro atoms. The quantitative estimate of drug-likeness (QED) is 0.783. The highest BCUT2D eigenvalue weighted by Crippen LogP contribution is 2.30. The molecule has 1 fully saturated rings. The molecule has 1 aromatic rings. The Hall–Kier alpha value is -1.19. The van der Waals surface area contributed by atoms with Gasteiger partial charge in [0.15, 0.2) is 0 Å². The minimum absolute atomic E-state index is 0.00626. The maximum absolute atomic E-state index is 13.9. The number of rotatable bonds is 3. The Kier molecular flexibility index (Phi) is 4.54. The van der Waals surface area contributed by atoms with Crippen LogP contribution in [0.3, 0.4) is 0 Å². The highest BCUT2D eigenvalue weighted by molar-refractivity contribution is 8.00. The molecule has 5 nitrogen and oxygen atoms in total. The molecular weight excluding hydrogens is 324 g/mol. The van der Waals surface area contributed by atoms with Crippen LogP contribution in [0, 0.1) is 18.6 Å². The van der Waals surface area contributed by atoms with Gasteiger partial charge in [0.05, 0.1) is 13.0 Å². The second-order valence-corrected chi connectivity index (χ2v) is 7.32. The number of ether oxygens (including phenoxy) is 1. The Morgan fingerprint density at radius 1 is 1.38 bits per heavy atom. The first-order valence-corrected chi connectivity index (χ1v) is 8.51. The number of halogens is 2. The van der Waals surface area contributed by atoms with E-state index in [9.17, 15) is 22.0 Å². The summed E-state index contributed by atoms with van der Waals surface area (Å²) in [5.74, 6) is -2.40. The van der Waals surface area contributed by atoms with Crippen LogP contribution >= 0.6 is 11.8 Å². The van der Waals surface area contributed by atoms with Gasteiger partial charge in [0.25, 0.3) is 0 Å². The van der Waals surface area contributed by atoms with E-state index in [4.69, 9.17) is 0 Å². The van der Waals surface area contributed by atoms with Crippen molar-refractivity contribution in [3.05, 3.63) is 29.3 Å². The third-order valence-electron chi connectivity index (χ3n) is 3.11. The van der Waals surface area contributed by atoms with Crippen molar-refractivity contribution in [3.63, 3.8) is 0 Å². The van der Waals surface area contributed by atoms with Crippen molar-refractivity contribution in [1.29, 1.82) is 0 Å². The maximum atomic E-state index is 13.9. The van der Waals surface area contributed by atoms with E-state index in [1.54, 1.807) is 0 Å². The average molecular weight is 337 g/mol. The molecule has 1 aromatic carbocycles. The van der Waals surface area contributed by atoms with E-state index in [2.05, 4.69) is 4.74 Å². The number of thioether (sulfide) groups is 1. The van der Waals surface area contributed by atoms with Crippen LogP contribution in [0.25, 0.3) is 0 Å². The zero-order valence-corrected chi connectivity index (χ0v) is 12.9. The number of carbonyl (C=O) groups excluding carboxylic acids is 1. The highest BCUT2D eigenvalue weighted by atomic mass is 32.2. The SMILES string of the molecule is COC(=O)C1CSCN1S(=O)(=O)c1cc(F)c(C)cc1F. The number of sulfonamides is 1. The van der Waals surface area contributed by atoms with E-state index in [1.807, 2.05) is 0 Å². The molecule has 0 saturated carbocycles. The first kappa shape index (κ1) is 16.2. The van der Waals surface area contributed by atoms with Gasteiger partial charge in [0, 0.05) is 5.75 Å². The number of nitrogens with zero attached hydrogens (tertiary/aromatic N) is 1. The van der Waals surface area contributed by atoms with Crippen molar-refractivity contribution >= 4 is 27.8 Å². The summed E-state index contributed by atoms with van der Waals surface area (Å²) in [4.78, 5) is 10.8. The lowest BCUT2D eigenvalue weighted by atomic mass is 10.2. The van der Waals surface area contributed by atoms with Gasteiger partial charge in [-0.05, 0) is 24.6 Å². The number of aryl methyl sites for hydroxylation is 1. The van der Waals surface area contributed by atoms with Gasteiger partial charge in [-0.1, -0.05) is 0 Å². The molecule has 1 aliphatic rings. The summed E-state index contributed by atoms with van der Waals surface area (Å²) in [6.45, 7) is 1.33. The molecule has 0 aliphatic carbocycles. The molecule has 0 aromatic heterocycles. The Balaban J connectivity index is 2.47. The first-order chi connectivity index (χ1) is 9.78. The predicted octanol–water partition coefficient (Wildman–Crippen LogP) is 1.51. The van der Waals surface area contributed by atoms with Gasteiger partial charge in [-0.3, -0.25) is 4.79 Å². The normalized spacial score (nSPS) is 19.7. The van der Waals surface area contributed by atoms with Crippen molar-refractivity contribution in [2.24, 2.45) is 0 Å². The zero-order chi connectivity index (χ0) is 15.8. The van der Waals surface area contributed by atoms with Crippen LogP contribution in [-0.2, 0) is 19.6 Å². The molecule has 0 radical (unpaired) electrons. The molecule has 1 unspecified atom stereocenters. The van der Waals surface area contributed by atoms with E-state index in [1.165, 1.54) is 18.7 Å². The van der Waals surface area contributed by atoms with Crippen LogP contribution < -0.4 is 0 Å². The van der Waals surface area contributed by atoms with E-state index in [0.29, 0.717) is 6.07 Å². The van der Waals surface area contributed by atoms with E-state index < -0.39 is 38.6 Å². The monoisotopic (exact) mass is 337 g/mol. The van der Waals surface area contributed by atoms with Crippen molar-refractivity contribution in [3.8, 4) is 0 Å². The molecule has 1 saturated heterocycles. The summed E-state index contributed by atoms with van der Waals surface area (Å²) in [7, 11) is -3.18. The fraction of sp³-hybridized carbons (Fsp3) is 0.417. The summed E-state index contributed by atoms with van der Waals surface area (Å²) >= 11 is 1.20. The standard InChI is InChI=1S/C12H13F2NO4S2/c1-7-3-9(14)11(4-8(7)13)21(17,18)15-6-20-5-10(15)12(16)19-2/h3-4,10H,5-6H2,1-2H3. The second kappa shape index (κ2) is 5.90. The van der Waals surface area contributed by atoms with Crippen molar-refractivity contribution in [2.45, 2.75) is 17.9 Å². The van der Waals surface area contributed by atoms with Gasteiger partial charge in [-0.2, -0.15) is 4.31 Å². The van der Waals surface area contributed by atoms with Crippen LogP contribution in [0.5, 0.6) is 0 Å². The molecule has 1 aliphatic heterocycles. The third-order valence-corrected chi connectivity index (χ3v) is 6.16. The Labute approximate surface area is 125 Å². The molecule has 1 heterocycles. The first-order valence-electron chi connectivity index (χ1n) is 5.92. The molecule has 116 valence electrons. The number of benzene rings is 1. The lowest BCUT2D eigenvalue weighted by Gasteiger charge is -2.21. The van der Waals surface area contributed by atoms with E-state index in [-0.39, 0.29) is 17.2 Å². The van der Waals surface area contributed by atoms with E-state index >= 15 is 0 Å². The van der Waals surface area contributed by atoms with Gasteiger partial charge in [-0.15, -0.1) is 11.8 Å². The number of hydrogen-bond acceptors (Lipinski definition) is 5. The van der Waals surface area contributed by atoms with Gasteiger partial charge >= 0.3 is 5.97 Å². The maximum Gasteiger partial charge on any atom is 0.325 e. The van der Waals surface area contributed by atoms with Gasteiger partial charge in [0.1, 0.15) is 22.6 Å². The Bertz CT molecular complexity index is 678. The van der Waals surface area contributed by atoms with Crippen molar-refractivity contribution < 1.29 is 26.7 Å². The van der Waals surface area contributed by atoms with Crippen LogP contribution in [0.4, 0.5) is 8.78 Å². The number of carbonyl (C=O) groups is 1. The molecule has 21 heavy (non-hydrogen) atoms. The summed E-state index contributed by atoms with van der Waals surface area (Å²) in [5, 5.41) is 0. The predicted molar refractivity (Wildman–Crippen MR) is 73.2 cm³/mol. The Morgan fingerprint density at radius 2 is 2.05 bits per heavy atom. The fourth-order valence-corrected chi connectivity index (χ4v) is 5.12. The second-order valence-electron chi connectivity index (χ2n) is 4.46. The molecule has 0 N–H and O–H groups in total. The average Bonchev–Trinajstić information content (AvgIpc) is 2.91. The zero-order valence-electron chi connectivity index (χ0n) is 11.3. The number of methoxy groups -OCH3 is 1. The summed E-state index contributed by atoms with van der Waals surface area (Å²) in [6.07, 6.45) is 0. The van der Waals surface area contributed by atoms with Crippen LogP contribution in [0.1, 0.15) is 5.56 Å². The molecule has 0 amide bonds. The van der Waals surface area contributed by atoms with Crippen LogP contribution in [0.2, 0.25) is 0 Å². The molecule has 0 bridgehead atoms. The third kappa shape index (κ3) is 2.90. The summed E-state index contributed by atoms with van der Waals surface area (Å²) in [6, 6.07) is 0.421. The van der Waals surface area contributed by atoms with Crippen molar-refractivity contribution in [2.75, 3.05) is 18.7 Å². The number of esters is 1. The largest absolute Gasteiger partial charge is 0.468 e. The molecule has 9 heteroatoms. The molecule has 1 atom stereocenters. The number of hydrogen-bond donors (Lipinski definition) is 0. The van der Waals surface area contributed by atoms with Crippen LogP contribution in [-0.4, -0.2) is 43.5 Å². The lowest BCUT2D eigenvalue weighted by molar-refractivity contribution is -0.143. The minimum Gasteiger partial charge on any atom is -0.468 e. The smallest absolute Gasteiger partial charge is 0.325 e. The topological polar surface area (TPSA) is 63.7 Å². The van der Waals surface area contributed by atoms with E-state index in [0.717, 1.165) is 17.5 Å². The van der Waals surface area contributed by atoms with Gasteiger partial charge in [-0.25, -0.2) is 17.2 Å². The van der Waals surface area contributed by atoms with Crippen molar-refractivity contribution in [1.82, 2.24) is 4.31 Å². The van der Waals surface area contributed by atoms with Gasteiger partial charge in [0.2, 0.25) is 10.0 Å². The van der Waals surface area contributed by atoms with Gasteiger partial charge < -0.3 is 4.74 Å². The molecular formula is C12H13F2NO4S2. The van der Waals surface area contributed by atoms with Crippen LogP contribution in [0.15, 0.2) is 17.0 Å². The fourth-order valence-electron chi connectivity index (χ4n) is 1.94. The Morgan fingerprint density at radius 3 is 2.67 bits per heavy atom.